The number of amides is 1. The molecular weight excluding hydrogens is 438 g/mol. The minimum absolute atomic E-state index is 0.0265. The van der Waals surface area contributed by atoms with Crippen LogP contribution in [0.3, 0.4) is 0 Å². The van der Waals surface area contributed by atoms with Gasteiger partial charge in [-0.2, -0.15) is 0 Å². The second-order valence-electron chi connectivity index (χ2n) is 10.5. The lowest BCUT2D eigenvalue weighted by molar-refractivity contribution is 0.0473. The Hall–Kier alpha value is -2.41. The van der Waals surface area contributed by atoms with Crippen LogP contribution in [0.15, 0.2) is 54.6 Å². The number of benzene rings is 2. The molecule has 0 aromatic heterocycles. The number of β-amino-alcohol motifs (C(OH)–C–C–N with tert-alkyl or cyclic N) is 1. The zero-order valence-electron chi connectivity index (χ0n) is 20.7. The minimum atomic E-state index is -0.393. The molecule has 0 spiro atoms. The Morgan fingerprint density at radius 3 is 2.37 bits per heavy atom. The average molecular weight is 478 g/mol. The number of likely N-dealkylation sites (tertiary alicyclic amines) is 1. The first-order valence-electron chi connectivity index (χ1n) is 13.3. The summed E-state index contributed by atoms with van der Waals surface area (Å²) in [5.74, 6) is 0.0265. The summed E-state index contributed by atoms with van der Waals surface area (Å²) in [5, 5.41) is 13.8. The number of carbonyl (C=O) groups is 1. The van der Waals surface area contributed by atoms with Crippen LogP contribution in [0.4, 0.5) is 5.69 Å². The molecule has 3 fully saturated rings. The summed E-state index contributed by atoms with van der Waals surface area (Å²) in [4.78, 5) is 17.0. The third kappa shape index (κ3) is 5.71. The van der Waals surface area contributed by atoms with Gasteiger partial charge in [0, 0.05) is 68.6 Å². The van der Waals surface area contributed by atoms with Gasteiger partial charge in [0.1, 0.15) is 0 Å². The molecule has 3 heterocycles. The molecule has 1 atom stereocenters. The number of aliphatic hydroxyl groups excluding tert-OH is 1. The van der Waals surface area contributed by atoms with Crippen molar-refractivity contribution in [2.45, 2.75) is 56.1 Å². The van der Waals surface area contributed by atoms with E-state index in [1.807, 2.05) is 12.1 Å². The molecule has 3 saturated heterocycles. The van der Waals surface area contributed by atoms with E-state index in [0.29, 0.717) is 18.2 Å². The van der Waals surface area contributed by atoms with E-state index in [9.17, 15) is 9.90 Å². The topological polar surface area (TPSA) is 65.0 Å². The highest BCUT2D eigenvalue weighted by Crippen LogP contribution is 2.34. The summed E-state index contributed by atoms with van der Waals surface area (Å²) < 4.78 is 5.69. The quantitative estimate of drug-likeness (QED) is 0.666. The first kappa shape index (κ1) is 24.3. The first-order valence-corrected chi connectivity index (χ1v) is 13.3. The Morgan fingerprint density at radius 2 is 1.69 bits per heavy atom. The van der Waals surface area contributed by atoms with Crippen molar-refractivity contribution in [3.63, 3.8) is 0 Å². The van der Waals surface area contributed by atoms with E-state index in [1.165, 1.54) is 11.3 Å². The molecule has 2 N–H and O–H groups in total. The van der Waals surface area contributed by atoms with E-state index in [0.717, 1.165) is 77.9 Å². The van der Waals surface area contributed by atoms with Crippen LogP contribution in [-0.4, -0.2) is 74.0 Å². The highest BCUT2D eigenvalue weighted by atomic mass is 16.5. The van der Waals surface area contributed by atoms with Gasteiger partial charge >= 0.3 is 0 Å². The Labute approximate surface area is 209 Å². The SMILES string of the molecule is O=C(c1ccc(N2CCC(NCC3(c4ccccc4)CCOCC3)CC2)cc1)N1CCCC(O)C1. The van der Waals surface area contributed by atoms with Gasteiger partial charge in [-0.1, -0.05) is 30.3 Å². The second kappa shape index (κ2) is 11.1. The van der Waals surface area contributed by atoms with Crippen molar-refractivity contribution >= 4 is 11.6 Å². The Morgan fingerprint density at radius 1 is 0.971 bits per heavy atom. The van der Waals surface area contributed by atoms with Crippen molar-refractivity contribution in [1.29, 1.82) is 0 Å². The highest BCUT2D eigenvalue weighted by molar-refractivity contribution is 5.94. The molecule has 188 valence electrons. The number of nitrogens with one attached hydrogen (secondary N) is 1. The molecule has 0 radical (unpaired) electrons. The van der Waals surface area contributed by atoms with E-state index in [2.05, 4.69) is 52.7 Å². The number of hydrogen-bond donors (Lipinski definition) is 2. The molecule has 2 aromatic rings. The molecule has 6 heteroatoms. The molecule has 5 rings (SSSR count). The fraction of sp³-hybridized carbons (Fsp3) is 0.552. The molecule has 3 aliphatic rings. The predicted molar refractivity (Wildman–Crippen MR) is 139 cm³/mol. The third-order valence-electron chi connectivity index (χ3n) is 8.22. The molecule has 0 saturated carbocycles. The maximum atomic E-state index is 12.8. The smallest absolute Gasteiger partial charge is 0.253 e. The van der Waals surface area contributed by atoms with E-state index in [1.54, 1.807) is 4.90 Å². The number of ether oxygens (including phenoxy) is 1. The van der Waals surface area contributed by atoms with Gasteiger partial charge in [0.2, 0.25) is 0 Å². The fourth-order valence-electron chi connectivity index (χ4n) is 5.94. The number of aliphatic hydroxyl groups is 1. The predicted octanol–water partition coefficient (Wildman–Crippen LogP) is 3.59. The molecule has 3 aliphatic heterocycles. The van der Waals surface area contributed by atoms with Gasteiger partial charge in [0.25, 0.3) is 5.91 Å². The van der Waals surface area contributed by atoms with Gasteiger partial charge in [0.05, 0.1) is 6.10 Å². The summed E-state index contributed by atoms with van der Waals surface area (Å²) in [6.45, 7) is 5.90. The molecule has 6 nitrogen and oxygen atoms in total. The van der Waals surface area contributed by atoms with Crippen LogP contribution >= 0.6 is 0 Å². The molecule has 35 heavy (non-hydrogen) atoms. The van der Waals surface area contributed by atoms with Crippen LogP contribution in [0.1, 0.15) is 54.4 Å². The second-order valence-corrected chi connectivity index (χ2v) is 10.5. The summed E-state index contributed by atoms with van der Waals surface area (Å²) in [5.41, 5.74) is 3.50. The Balaban J connectivity index is 1.14. The number of piperidine rings is 2. The van der Waals surface area contributed by atoms with E-state index >= 15 is 0 Å². The van der Waals surface area contributed by atoms with E-state index in [4.69, 9.17) is 4.74 Å². The van der Waals surface area contributed by atoms with E-state index in [-0.39, 0.29) is 11.3 Å². The maximum Gasteiger partial charge on any atom is 0.253 e. The molecule has 0 bridgehead atoms. The summed E-state index contributed by atoms with van der Waals surface area (Å²) in [7, 11) is 0. The number of hydrogen-bond acceptors (Lipinski definition) is 5. The van der Waals surface area contributed by atoms with Crippen LogP contribution < -0.4 is 10.2 Å². The number of anilines is 1. The lowest BCUT2D eigenvalue weighted by Crippen LogP contribution is -2.49. The van der Waals surface area contributed by atoms with Crippen LogP contribution in [0.2, 0.25) is 0 Å². The van der Waals surface area contributed by atoms with Crippen molar-refractivity contribution in [3.8, 4) is 0 Å². The number of carbonyl (C=O) groups excluding carboxylic acids is 1. The van der Waals surface area contributed by atoms with Crippen LogP contribution in [0.5, 0.6) is 0 Å². The van der Waals surface area contributed by atoms with Crippen molar-refractivity contribution in [1.82, 2.24) is 10.2 Å². The highest BCUT2D eigenvalue weighted by Gasteiger charge is 2.35. The van der Waals surface area contributed by atoms with Crippen molar-refractivity contribution < 1.29 is 14.6 Å². The van der Waals surface area contributed by atoms with Crippen LogP contribution in [0, 0.1) is 0 Å². The van der Waals surface area contributed by atoms with Crippen molar-refractivity contribution in [2.24, 2.45) is 0 Å². The van der Waals surface area contributed by atoms with Gasteiger partial charge in [-0.15, -0.1) is 0 Å². The Bertz CT molecular complexity index is 951. The summed E-state index contributed by atoms with van der Waals surface area (Å²) >= 11 is 0. The van der Waals surface area contributed by atoms with Crippen LogP contribution in [0.25, 0.3) is 0 Å². The monoisotopic (exact) mass is 477 g/mol. The minimum Gasteiger partial charge on any atom is -0.391 e. The largest absolute Gasteiger partial charge is 0.391 e. The molecule has 2 aromatic carbocycles. The zero-order valence-corrected chi connectivity index (χ0v) is 20.7. The van der Waals surface area contributed by atoms with Gasteiger partial charge in [-0.3, -0.25) is 4.79 Å². The van der Waals surface area contributed by atoms with Gasteiger partial charge in [-0.25, -0.2) is 0 Å². The van der Waals surface area contributed by atoms with Crippen molar-refractivity contribution in [3.05, 3.63) is 65.7 Å². The lowest BCUT2D eigenvalue weighted by atomic mass is 9.74. The summed E-state index contributed by atoms with van der Waals surface area (Å²) in [6.07, 6.45) is 5.65. The van der Waals surface area contributed by atoms with Gasteiger partial charge in [0.15, 0.2) is 0 Å². The lowest BCUT2D eigenvalue weighted by Gasteiger charge is -2.41. The van der Waals surface area contributed by atoms with Gasteiger partial charge < -0.3 is 25.0 Å². The first-order chi connectivity index (χ1) is 17.1. The molecular formula is C29H39N3O3. The average Bonchev–Trinajstić information content (AvgIpc) is 2.93. The standard InChI is InChI=1S/C29H39N3O3/c33-27-7-4-16-32(21-27)28(34)23-8-10-26(11-9-23)31-17-12-25(13-18-31)30-22-29(14-19-35-20-15-29)24-5-2-1-3-6-24/h1-3,5-6,8-11,25,27,30,33H,4,7,12-22H2. The van der Waals surface area contributed by atoms with Crippen LogP contribution in [-0.2, 0) is 10.2 Å². The van der Waals surface area contributed by atoms with E-state index < -0.39 is 6.10 Å². The molecule has 1 unspecified atom stereocenters. The number of nitrogens with zero attached hydrogens (tertiary/aromatic N) is 2. The normalized spacial score (nSPS) is 23.3. The summed E-state index contributed by atoms with van der Waals surface area (Å²) in [6, 6.07) is 19.5. The zero-order chi connectivity index (χ0) is 24.1. The molecule has 1 amide bonds. The Kier molecular flexibility index (Phi) is 7.71. The fourth-order valence-corrected chi connectivity index (χ4v) is 5.94. The van der Waals surface area contributed by atoms with Crippen molar-refractivity contribution in [2.75, 3.05) is 50.8 Å². The third-order valence-corrected chi connectivity index (χ3v) is 8.22. The number of rotatable bonds is 6. The molecule has 0 aliphatic carbocycles. The van der Waals surface area contributed by atoms with Gasteiger partial charge in [-0.05, 0) is 68.4 Å². The maximum absolute atomic E-state index is 12.8.